The molecule has 2 aliphatic heterocycles. The molecule has 2 aromatic heterocycles. The van der Waals surface area contributed by atoms with E-state index in [1.165, 1.54) is 17.6 Å². The van der Waals surface area contributed by atoms with Crippen molar-refractivity contribution in [2.24, 2.45) is 5.92 Å². The molecule has 2 fully saturated rings. The molecule has 0 saturated carbocycles. The minimum absolute atomic E-state index is 0.00193. The van der Waals surface area contributed by atoms with E-state index in [1.54, 1.807) is 32.9 Å². The van der Waals surface area contributed by atoms with E-state index in [9.17, 15) is 14.4 Å². The number of piperazine rings is 1. The van der Waals surface area contributed by atoms with Crippen LogP contribution >= 0.6 is 11.3 Å². The summed E-state index contributed by atoms with van der Waals surface area (Å²) in [6, 6.07) is 6.99. The SMILES string of the molecule is O=C(c1ccco1)N1CCN(C(=O)C2CN(C(=O)c3cccs3)C2)CC1. The first-order valence-electron chi connectivity index (χ1n) is 8.58. The zero-order valence-electron chi connectivity index (χ0n) is 14.2. The monoisotopic (exact) mass is 373 g/mol. The van der Waals surface area contributed by atoms with E-state index in [-0.39, 0.29) is 23.6 Å². The molecule has 0 N–H and O–H groups in total. The molecule has 3 amide bonds. The van der Waals surface area contributed by atoms with Gasteiger partial charge in [-0.3, -0.25) is 14.4 Å². The van der Waals surface area contributed by atoms with Crippen molar-refractivity contribution in [1.82, 2.24) is 14.7 Å². The fourth-order valence-electron chi connectivity index (χ4n) is 3.30. The van der Waals surface area contributed by atoms with E-state index in [0.717, 1.165) is 0 Å². The lowest BCUT2D eigenvalue weighted by atomic mass is 9.97. The van der Waals surface area contributed by atoms with Crippen LogP contribution in [0.5, 0.6) is 0 Å². The fraction of sp³-hybridized carbons (Fsp3) is 0.389. The Bertz CT molecular complexity index is 789. The number of rotatable bonds is 3. The van der Waals surface area contributed by atoms with E-state index < -0.39 is 0 Å². The Morgan fingerprint density at radius 1 is 0.923 bits per heavy atom. The van der Waals surface area contributed by atoms with Crippen molar-refractivity contribution in [3.05, 3.63) is 46.5 Å². The Labute approximate surface area is 154 Å². The quantitative estimate of drug-likeness (QED) is 0.815. The normalized spacial score (nSPS) is 17.9. The summed E-state index contributed by atoms with van der Waals surface area (Å²) in [6.07, 6.45) is 1.48. The minimum atomic E-state index is -0.140. The highest BCUT2D eigenvalue weighted by atomic mass is 32.1. The number of nitrogens with zero attached hydrogens (tertiary/aromatic N) is 3. The Balaban J connectivity index is 1.26. The maximum absolute atomic E-state index is 12.6. The van der Waals surface area contributed by atoms with E-state index >= 15 is 0 Å². The summed E-state index contributed by atoms with van der Waals surface area (Å²) in [5.41, 5.74) is 0. The molecule has 7 nitrogen and oxygen atoms in total. The molecule has 0 unspecified atom stereocenters. The largest absolute Gasteiger partial charge is 0.459 e. The smallest absolute Gasteiger partial charge is 0.289 e. The van der Waals surface area contributed by atoms with Crippen LogP contribution in [0.1, 0.15) is 20.2 Å². The molecule has 0 spiro atoms. The summed E-state index contributed by atoms with van der Waals surface area (Å²) in [4.78, 5) is 43.0. The molecule has 2 aliphatic rings. The van der Waals surface area contributed by atoms with Crippen LogP contribution < -0.4 is 0 Å². The number of amides is 3. The maximum Gasteiger partial charge on any atom is 0.289 e. The number of carbonyl (C=O) groups is 3. The van der Waals surface area contributed by atoms with Crippen molar-refractivity contribution in [3.63, 3.8) is 0 Å². The topological polar surface area (TPSA) is 74.1 Å². The van der Waals surface area contributed by atoms with Gasteiger partial charge >= 0.3 is 0 Å². The Morgan fingerprint density at radius 3 is 2.27 bits per heavy atom. The predicted molar refractivity (Wildman–Crippen MR) is 94.9 cm³/mol. The summed E-state index contributed by atoms with van der Waals surface area (Å²) >= 11 is 1.42. The summed E-state index contributed by atoms with van der Waals surface area (Å²) in [7, 11) is 0. The van der Waals surface area contributed by atoms with Gasteiger partial charge in [0.25, 0.3) is 11.8 Å². The van der Waals surface area contributed by atoms with E-state index in [4.69, 9.17) is 4.42 Å². The summed E-state index contributed by atoms with van der Waals surface area (Å²) in [6.45, 7) is 2.97. The first-order chi connectivity index (χ1) is 12.6. The van der Waals surface area contributed by atoms with Gasteiger partial charge in [0, 0.05) is 39.3 Å². The molecule has 8 heteroatoms. The zero-order chi connectivity index (χ0) is 18.1. The average molecular weight is 373 g/mol. The van der Waals surface area contributed by atoms with Gasteiger partial charge in [0.05, 0.1) is 17.1 Å². The highest BCUT2D eigenvalue weighted by Gasteiger charge is 2.39. The van der Waals surface area contributed by atoms with Gasteiger partial charge in [-0.05, 0) is 23.6 Å². The Hall–Kier alpha value is -2.61. The molecule has 26 heavy (non-hydrogen) atoms. The maximum atomic E-state index is 12.6. The molecule has 0 aliphatic carbocycles. The number of thiophene rings is 1. The third-order valence-corrected chi connectivity index (χ3v) is 5.72. The lowest BCUT2D eigenvalue weighted by molar-refractivity contribution is -0.141. The van der Waals surface area contributed by atoms with Gasteiger partial charge in [-0.15, -0.1) is 11.3 Å². The lowest BCUT2D eigenvalue weighted by Gasteiger charge is -2.42. The van der Waals surface area contributed by atoms with Gasteiger partial charge in [0.15, 0.2) is 5.76 Å². The van der Waals surface area contributed by atoms with Crippen molar-refractivity contribution in [1.29, 1.82) is 0 Å². The van der Waals surface area contributed by atoms with E-state index in [2.05, 4.69) is 0 Å². The number of hydrogen-bond donors (Lipinski definition) is 0. The molecule has 0 bridgehead atoms. The first kappa shape index (κ1) is 16.8. The van der Waals surface area contributed by atoms with E-state index in [0.29, 0.717) is 49.9 Å². The van der Waals surface area contributed by atoms with Crippen LogP contribution in [-0.4, -0.2) is 71.7 Å². The van der Waals surface area contributed by atoms with Crippen molar-refractivity contribution < 1.29 is 18.8 Å². The van der Waals surface area contributed by atoms with Crippen LogP contribution in [0.3, 0.4) is 0 Å². The number of furan rings is 1. The van der Waals surface area contributed by atoms with E-state index in [1.807, 2.05) is 11.4 Å². The molecule has 0 aromatic carbocycles. The lowest BCUT2D eigenvalue weighted by Crippen LogP contribution is -2.59. The molecule has 0 atom stereocenters. The van der Waals surface area contributed by atoms with Crippen LogP contribution in [0.2, 0.25) is 0 Å². The van der Waals surface area contributed by atoms with Crippen LogP contribution in [0.4, 0.5) is 0 Å². The molecule has 0 radical (unpaired) electrons. The van der Waals surface area contributed by atoms with Crippen molar-refractivity contribution in [2.75, 3.05) is 39.3 Å². The van der Waals surface area contributed by atoms with Gasteiger partial charge in [-0.25, -0.2) is 0 Å². The average Bonchev–Trinajstić information content (AvgIpc) is 3.33. The predicted octanol–water partition coefficient (Wildman–Crippen LogP) is 1.40. The molecule has 4 rings (SSSR count). The summed E-state index contributed by atoms with van der Waals surface area (Å²) < 4.78 is 5.14. The summed E-state index contributed by atoms with van der Waals surface area (Å²) in [5, 5.41) is 1.87. The van der Waals surface area contributed by atoms with Crippen molar-refractivity contribution in [3.8, 4) is 0 Å². The van der Waals surface area contributed by atoms with Crippen LogP contribution in [0.25, 0.3) is 0 Å². The highest BCUT2D eigenvalue weighted by molar-refractivity contribution is 7.12. The van der Waals surface area contributed by atoms with Crippen LogP contribution in [-0.2, 0) is 4.79 Å². The Morgan fingerprint density at radius 2 is 1.65 bits per heavy atom. The molecular formula is C18H19N3O4S. The van der Waals surface area contributed by atoms with Crippen LogP contribution in [0, 0.1) is 5.92 Å². The fourth-order valence-corrected chi connectivity index (χ4v) is 3.99. The third kappa shape index (κ3) is 3.12. The summed E-state index contributed by atoms with van der Waals surface area (Å²) in [5.74, 6) is 0.124. The highest BCUT2D eigenvalue weighted by Crippen LogP contribution is 2.23. The number of hydrogen-bond acceptors (Lipinski definition) is 5. The van der Waals surface area contributed by atoms with Gasteiger partial charge in [0.1, 0.15) is 0 Å². The standard InChI is InChI=1S/C18H19N3O4S/c22-16(13-11-21(12-13)18(24)15-4-2-10-26-15)19-5-7-20(8-6-19)17(23)14-3-1-9-25-14/h1-4,9-10,13H,5-8,11-12H2. The van der Waals surface area contributed by atoms with Gasteiger partial charge < -0.3 is 19.1 Å². The van der Waals surface area contributed by atoms with Crippen molar-refractivity contribution in [2.45, 2.75) is 0 Å². The van der Waals surface area contributed by atoms with Gasteiger partial charge in [0.2, 0.25) is 5.91 Å². The van der Waals surface area contributed by atoms with Gasteiger partial charge in [-0.1, -0.05) is 6.07 Å². The number of likely N-dealkylation sites (tertiary alicyclic amines) is 1. The number of carbonyl (C=O) groups excluding carboxylic acids is 3. The second kappa shape index (κ2) is 6.95. The Kier molecular flexibility index (Phi) is 4.50. The first-order valence-corrected chi connectivity index (χ1v) is 9.46. The molecule has 2 saturated heterocycles. The molecule has 2 aromatic rings. The zero-order valence-corrected chi connectivity index (χ0v) is 15.0. The van der Waals surface area contributed by atoms with Gasteiger partial charge in [-0.2, -0.15) is 0 Å². The molecular weight excluding hydrogens is 354 g/mol. The van der Waals surface area contributed by atoms with Crippen molar-refractivity contribution >= 4 is 29.1 Å². The minimum Gasteiger partial charge on any atom is -0.459 e. The van der Waals surface area contributed by atoms with Crippen LogP contribution in [0.15, 0.2) is 40.3 Å². The molecule has 4 heterocycles. The second-order valence-corrected chi connectivity index (χ2v) is 7.43. The molecule has 136 valence electrons. The second-order valence-electron chi connectivity index (χ2n) is 6.48. The third-order valence-electron chi connectivity index (χ3n) is 4.86.